The zero-order chi connectivity index (χ0) is 82.0. The monoisotopic (exact) mass is 2130 g/mol. The number of imidazole rings is 1. The third-order valence-electron chi connectivity index (χ3n) is 17.9. The van der Waals surface area contributed by atoms with Crippen LogP contribution < -0.4 is 29.4 Å². The molecule has 0 spiro atoms. The second kappa shape index (κ2) is 47.1. The molecule has 13 aromatic carbocycles. The minimum absolute atomic E-state index is 0. The number of hydrogen-bond donors (Lipinski definition) is 0. The van der Waals surface area contributed by atoms with Crippen LogP contribution in [0.4, 0.5) is 0 Å². The van der Waals surface area contributed by atoms with Crippen LogP contribution in [-0.4, -0.2) is 35.1 Å². The number of pyridine rings is 3. The SMILES string of the molecule is [Au+3].[Au+3].[Au+3].[C-]#Cc1ccccc1.[C-]#Cc1ccccc1.[C-]#Cc1ccccc1.[c-]1c(Oc2ccccn2)cccc1-c1[n-]nc(-c2ccc(-c3ccccc3)cc2)c1-c1ccccc1.[c-]1c(Oc2ccccn2)cccc1-c1nc(-c2ccc(-c3ccccc3)cc2)c[n-]1.[c-]1c(Oc2ccccn2)cccc1-c1nc(-c2ccc(-c3ccccc3)cc2)n[n-]1. The number of rotatable bonds is 16. The first-order valence-corrected chi connectivity index (χ1v) is 38.1. The van der Waals surface area contributed by atoms with Crippen molar-refractivity contribution in [2.45, 2.75) is 0 Å². The summed E-state index contributed by atoms with van der Waals surface area (Å²) in [5, 5.41) is 17.7. The molecule has 0 unspecified atom stereocenters. The van der Waals surface area contributed by atoms with Gasteiger partial charge in [0.05, 0.1) is 0 Å². The molecule has 0 aliphatic heterocycles. The summed E-state index contributed by atoms with van der Waals surface area (Å²) in [6.07, 6.45) is 26.9. The smallest absolute Gasteiger partial charge is 0.618 e. The van der Waals surface area contributed by atoms with Crippen molar-refractivity contribution in [2.24, 2.45) is 0 Å². The van der Waals surface area contributed by atoms with Crippen molar-refractivity contribution in [3.63, 3.8) is 0 Å². The minimum atomic E-state index is 0. The van der Waals surface area contributed by atoms with Gasteiger partial charge in [-0.2, -0.15) is 11.3 Å². The predicted octanol–water partition coefficient (Wildman–Crippen LogP) is 24.0. The summed E-state index contributed by atoms with van der Waals surface area (Å²) in [4.78, 5) is 26.3. The molecule has 6 heterocycles. The van der Waals surface area contributed by atoms with Gasteiger partial charge in [0.1, 0.15) is 0 Å². The largest absolute Gasteiger partial charge is 3.00 e. The topological polar surface area (TPSA) is 160 Å². The van der Waals surface area contributed by atoms with Crippen LogP contribution in [0.15, 0.2) is 419 Å². The van der Waals surface area contributed by atoms with Crippen LogP contribution in [0.3, 0.4) is 0 Å². The molecule has 0 atom stereocenters. The van der Waals surface area contributed by atoms with E-state index in [-0.39, 0.29) is 67.1 Å². The normalized spacial score (nSPS) is 9.89. The Hall–Kier alpha value is -14.8. The summed E-state index contributed by atoms with van der Waals surface area (Å²) in [6, 6.07) is 137. The Kier molecular flexibility index (Phi) is 34.1. The van der Waals surface area contributed by atoms with Crippen molar-refractivity contribution in [3.8, 4) is 165 Å². The van der Waals surface area contributed by atoms with Gasteiger partial charge in [0.2, 0.25) is 17.6 Å². The van der Waals surface area contributed by atoms with Gasteiger partial charge >= 0.3 is 67.1 Å². The molecule has 123 heavy (non-hydrogen) atoms. The first-order valence-electron chi connectivity index (χ1n) is 38.1. The summed E-state index contributed by atoms with van der Waals surface area (Å²) < 4.78 is 17.4. The third kappa shape index (κ3) is 25.8. The van der Waals surface area contributed by atoms with E-state index in [0.717, 1.165) is 83.8 Å². The van der Waals surface area contributed by atoms with E-state index in [2.05, 4.69) is 195 Å². The van der Waals surface area contributed by atoms with E-state index >= 15 is 0 Å². The molecular formula is C107H69Au3N10O3. The molecule has 0 aliphatic carbocycles. The van der Waals surface area contributed by atoms with E-state index in [4.69, 9.17) is 33.5 Å². The van der Waals surface area contributed by atoms with Gasteiger partial charge in [0.25, 0.3) is 0 Å². The molecule has 6 aromatic heterocycles. The molecule has 0 fully saturated rings. The summed E-state index contributed by atoms with van der Waals surface area (Å²) in [7, 11) is 0. The molecule has 13 nitrogen and oxygen atoms in total. The van der Waals surface area contributed by atoms with E-state index in [0.29, 0.717) is 57.9 Å². The Morgan fingerprint density at radius 2 is 0.593 bits per heavy atom. The number of aromatic nitrogens is 10. The average Bonchev–Trinajstić information content (AvgIpc) is 1.64. The van der Waals surface area contributed by atoms with Gasteiger partial charge in [0, 0.05) is 65.6 Å². The minimum Gasteiger partial charge on any atom is -0.618 e. The zero-order valence-electron chi connectivity index (χ0n) is 65.4. The van der Waals surface area contributed by atoms with Crippen LogP contribution in [0.1, 0.15) is 16.7 Å². The van der Waals surface area contributed by atoms with Gasteiger partial charge < -0.3 is 63.7 Å². The second-order valence-corrected chi connectivity index (χ2v) is 26.1. The van der Waals surface area contributed by atoms with Crippen LogP contribution in [0.2, 0.25) is 0 Å². The third-order valence-corrected chi connectivity index (χ3v) is 17.9. The maximum Gasteiger partial charge on any atom is 3.00 e. The molecule has 19 aromatic rings. The van der Waals surface area contributed by atoms with E-state index in [1.165, 1.54) is 22.3 Å². The van der Waals surface area contributed by atoms with Gasteiger partial charge in [-0.25, -0.2) is 15.0 Å². The molecule has 0 aliphatic rings. The molecule has 0 bridgehead atoms. The Labute approximate surface area is 763 Å². The Bertz CT molecular complexity index is 6170. The van der Waals surface area contributed by atoms with E-state index in [1.807, 2.05) is 273 Å². The van der Waals surface area contributed by atoms with Crippen LogP contribution >= 0.6 is 0 Å². The number of hydrogen-bond acceptors (Lipinski definition) is 10. The quantitative estimate of drug-likeness (QED) is 0.0511. The van der Waals surface area contributed by atoms with Crippen LogP contribution in [0.5, 0.6) is 34.9 Å². The Balaban J connectivity index is 0.000000156. The molecule has 0 amide bonds. The van der Waals surface area contributed by atoms with Crippen LogP contribution in [0, 0.1) is 55.2 Å². The molecule has 0 saturated carbocycles. The Morgan fingerprint density at radius 3 is 0.967 bits per heavy atom. The van der Waals surface area contributed by atoms with Gasteiger partial charge in [-0.1, -0.05) is 297 Å². The van der Waals surface area contributed by atoms with Crippen molar-refractivity contribution >= 4 is 0 Å². The van der Waals surface area contributed by atoms with Crippen molar-refractivity contribution in [1.29, 1.82) is 0 Å². The first kappa shape index (κ1) is 89.0. The summed E-state index contributed by atoms with van der Waals surface area (Å²) in [5.74, 6) is 11.8. The van der Waals surface area contributed by atoms with Gasteiger partial charge in [-0.05, 0) is 79.5 Å². The number of nitrogens with zero attached hydrogens (tertiary/aromatic N) is 10. The number of benzene rings is 13. The zero-order valence-corrected chi connectivity index (χ0v) is 71.9. The summed E-state index contributed by atoms with van der Waals surface area (Å²) in [6.45, 7) is 0. The fourth-order valence-electron chi connectivity index (χ4n) is 12.0. The van der Waals surface area contributed by atoms with Gasteiger partial charge in [-0.3, -0.25) is 22.9 Å². The van der Waals surface area contributed by atoms with Crippen molar-refractivity contribution < 1.29 is 81.4 Å². The molecule has 0 radical (unpaired) electrons. The standard InChI is InChI=1S/C32H21N3O.C26H17N3O.C25H16N4O.3C8H5.3Au/c1-3-10-23(11-4-1)24-17-19-26(20-18-24)31-30(25-12-5-2-6-13-25)32(35-34-31)27-14-9-15-28(22-27)36-29-16-7-8-21-33-29;1-2-7-19(8-3-1)20-12-14-21(15-13-20)24-18-28-26(29-24)22-9-6-10-23(17-22)30-25-11-4-5-16-27-25;1-2-7-18(8-3-1)19-12-14-20(15-13-19)24-27-25(29-28-24)21-9-6-10-22(17-21)30-23-11-4-5-16-26-23;3*1-2-8-6-4-3-5-7-8;;;/h1-21H;1-16,18H;1-16H;3*3-7H;;;/q3*-2;3*-1;3*+3. The van der Waals surface area contributed by atoms with Crippen molar-refractivity contribution in [2.75, 3.05) is 0 Å². The van der Waals surface area contributed by atoms with Crippen LogP contribution in [-0.2, 0) is 67.1 Å². The van der Waals surface area contributed by atoms with E-state index < -0.39 is 0 Å². The predicted molar refractivity (Wildman–Crippen MR) is 472 cm³/mol. The molecule has 19 rings (SSSR count). The van der Waals surface area contributed by atoms with Crippen molar-refractivity contribution in [1.82, 2.24) is 50.3 Å². The Morgan fingerprint density at radius 1 is 0.268 bits per heavy atom. The molecule has 0 saturated heterocycles. The van der Waals surface area contributed by atoms with Crippen LogP contribution in [0.25, 0.3) is 112 Å². The maximum absolute atomic E-state index is 6.69. The summed E-state index contributed by atoms with van der Waals surface area (Å²) >= 11 is 0. The molecular weight excluding hydrogens is 2060 g/mol. The second-order valence-electron chi connectivity index (χ2n) is 26.1. The molecule has 598 valence electrons. The fourth-order valence-corrected chi connectivity index (χ4v) is 12.0. The van der Waals surface area contributed by atoms with Gasteiger partial charge in [-0.15, -0.1) is 130 Å². The maximum atomic E-state index is 6.69. The fraction of sp³-hybridized carbons (Fsp3) is 0. The van der Waals surface area contributed by atoms with E-state index in [1.54, 1.807) is 36.9 Å². The summed E-state index contributed by atoms with van der Waals surface area (Å²) in [5.41, 5.74) is 19.2. The van der Waals surface area contributed by atoms with Gasteiger partial charge in [0.15, 0.2) is 0 Å². The first-order chi connectivity index (χ1) is 59.3. The number of ether oxygens (including phenoxy) is 3. The van der Waals surface area contributed by atoms with Crippen molar-refractivity contribution in [3.05, 3.63) is 473 Å². The molecule has 16 heteroatoms. The molecule has 0 N–H and O–H groups in total. The average molecular weight is 2130 g/mol. The van der Waals surface area contributed by atoms with E-state index in [9.17, 15) is 0 Å².